The number of ether oxygens (including phenoxy) is 1. The first-order valence-corrected chi connectivity index (χ1v) is 11.4. The van der Waals surface area contributed by atoms with E-state index in [9.17, 15) is 23.6 Å². The average molecular weight is 513 g/mol. The van der Waals surface area contributed by atoms with Crippen molar-refractivity contribution < 1.29 is 23.5 Å². The molecule has 0 aliphatic rings. The van der Waals surface area contributed by atoms with E-state index in [4.69, 9.17) is 4.74 Å². The second kappa shape index (κ2) is 12.0. The Morgan fingerprint density at radius 3 is 2.65 bits per heavy atom. The summed E-state index contributed by atoms with van der Waals surface area (Å²) in [6.45, 7) is 0.129. The number of nitrogens with one attached hydrogen (secondary N) is 2. The van der Waals surface area contributed by atoms with Crippen LogP contribution in [0.25, 0.3) is 10.9 Å². The maximum absolute atomic E-state index is 13.5. The zero-order valence-electron chi connectivity index (χ0n) is 21.0. The average Bonchev–Trinajstić information content (AvgIpc) is 3.24. The summed E-state index contributed by atoms with van der Waals surface area (Å²) in [7, 11) is 6.17. The van der Waals surface area contributed by atoms with Crippen LogP contribution in [0.4, 0.5) is 15.0 Å². The molecule has 3 aromatic rings. The number of anilines is 1. The number of nitrogens with zero attached hydrogens (tertiary/aromatic N) is 4. The van der Waals surface area contributed by atoms with Gasteiger partial charge in [0.2, 0.25) is 5.91 Å². The molecular weight excluding hydrogens is 483 g/mol. The molecule has 3 amide bonds. The van der Waals surface area contributed by atoms with E-state index in [1.807, 2.05) is 0 Å². The maximum atomic E-state index is 13.5. The molecule has 0 bridgehead atoms. The Bertz CT molecular complexity index is 1380. The van der Waals surface area contributed by atoms with Crippen LogP contribution >= 0.6 is 0 Å². The maximum Gasteiger partial charge on any atom is 0.410 e. The SMILES string of the molecule is CN(C)C(=O)/C=C/CCC(OC(=O)N(C)C)C(=O)Nc1nccn(Cc2cc3cc(F)ccc3[nH]2)c1=O. The normalized spacial score (nSPS) is 11.9. The fraction of sp³-hybridized carbons (Fsp3) is 0.320. The molecule has 2 heterocycles. The number of hydrogen-bond acceptors (Lipinski definition) is 6. The number of aromatic nitrogens is 3. The van der Waals surface area contributed by atoms with E-state index >= 15 is 0 Å². The molecular formula is C25H29FN6O5. The number of benzene rings is 1. The molecule has 1 atom stereocenters. The molecule has 2 aromatic heterocycles. The summed E-state index contributed by atoms with van der Waals surface area (Å²) in [5.41, 5.74) is 0.803. The van der Waals surface area contributed by atoms with Crippen LogP contribution in [0.15, 0.2) is 53.6 Å². The molecule has 0 saturated heterocycles. The number of allylic oxidation sites excluding steroid dienone is 1. The van der Waals surface area contributed by atoms with Crippen LogP contribution in [-0.2, 0) is 20.9 Å². The first kappa shape index (κ1) is 27.1. The van der Waals surface area contributed by atoms with Crippen LogP contribution < -0.4 is 10.9 Å². The van der Waals surface area contributed by atoms with Crippen LogP contribution in [0.1, 0.15) is 18.5 Å². The molecule has 0 fully saturated rings. The van der Waals surface area contributed by atoms with Crippen LogP contribution in [0.2, 0.25) is 0 Å². The number of carbonyl (C=O) groups excluding carboxylic acids is 3. The van der Waals surface area contributed by atoms with Gasteiger partial charge in [-0.2, -0.15) is 0 Å². The summed E-state index contributed by atoms with van der Waals surface area (Å²) < 4.78 is 20.1. The third kappa shape index (κ3) is 7.26. The summed E-state index contributed by atoms with van der Waals surface area (Å²) in [6.07, 6.45) is 4.14. The van der Waals surface area contributed by atoms with E-state index in [-0.39, 0.29) is 36.9 Å². The highest BCUT2D eigenvalue weighted by atomic mass is 19.1. The number of aromatic amines is 1. The zero-order chi connectivity index (χ0) is 27.1. The van der Waals surface area contributed by atoms with Gasteiger partial charge in [0.05, 0.1) is 6.54 Å². The fourth-order valence-corrected chi connectivity index (χ4v) is 3.34. The highest BCUT2D eigenvalue weighted by Gasteiger charge is 2.25. The molecule has 0 radical (unpaired) electrons. The molecule has 0 aliphatic carbocycles. The molecule has 0 saturated carbocycles. The van der Waals surface area contributed by atoms with Gasteiger partial charge in [-0.05, 0) is 43.2 Å². The Morgan fingerprint density at radius 2 is 1.95 bits per heavy atom. The number of fused-ring (bicyclic) bond motifs is 1. The van der Waals surface area contributed by atoms with Gasteiger partial charge in [-0.25, -0.2) is 14.2 Å². The van der Waals surface area contributed by atoms with E-state index in [0.717, 1.165) is 5.52 Å². The summed E-state index contributed by atoms with van der Waals surface area (Å²) in [5.74, 6) is -1.56. The van der Waals surface area contributed by atoms with Gasteiger partial charge in [0.1, 0.15) is 5.82 Å². The van der Waals surface area contributed by atoms with Gasteiger partial charge in [-0.3, -0.25) is 14.4 Å². The first-order chi connectivity index (χ1) is 17.5. The molecule has 3 rings (SSSR count). The van der Waals surface area contributed by atoms with Gasteiger partial charge in [0.15, 0.2) is 11.9 Å². The Morgan fingerprint density at radius 1 is 1.19 bits per heavy atom. The number of likely N-dealkylation sites (N-methyl/N-ethyl adjacent to an activating group) is 1. The van der Waals surface area contributed by atoms with E-state index < -0.39 is 23.7 Å². The molecule has 2 N–H and O–H groups in total. The van der Waals surface area contributed by atoms with E-state index in [1.54, 1.807) is 32.3 Å². The van der Waals surface area contributed by atoms with E-state index in [1.165, 1.54) is 59.1 Å². The summed E-state index contributed by atoms with van der Waals surface area (Å²) >= 11 is 0. The van der Waals surface area contributed by atoms with E-state index in [0.29, 0.717) is 11.1 Å². The molecule has 1 unspecified atom stereocenters. The number of rotatable bonds is 9. The van der Waals surface area contributed by atoms with Crippen molar-refractivity contribution in [2.45, 2.75) is 25.5 Å². The Labute approximate surface area is 212 Å². The van der Waals surface area contributed by atoms with E-state index in [2.05, 4.69) is 15.3 Å². The van der Waals surface area contributed by atoms with Crippen LogP contribution in [0, 0.1) is 5.82 Å². The lowest BCUT2D eigenvalue weighted by atomic mass is 10.1. The second-order valence-corrected chi connectivity index (χ2v) is 8.70. The number of halogens is 1. The minimum atomic E-state index is -1.23. The number of carbonyl (C=O) groups is 3. The largest absolute Gasteiger partial charge is 0.436 e. The summed E-state index contributed by atoms with van der Waals surface area (Å²) in [6, 6.07) is 6.06. The number of amides is 3. The quantitative estimate of drug-likeness (QED) is 0.424. The monoisotopic (exact) mass is 512 g/mol. The fourth-order valence-electron chi connectivity index (χ4n) is 3.34. The molecule has 196 valence electrons. The van der Waals surface area contributed by atoms with Gasteiger partial charge in [0.25, 0.3) is 11.5 Å². The van der Waals surface area contributed by atoms with Crippen molar-refractivity contribution in [2.24, 2.45) is 0 Å². The Hall–Kier alpha value is -4.48. The van der Waals surface area contributed by atoms with Gasteiger partial charge in [0, 0.05) is 57.2 Å². The van der Waals surface area contributed by atoms with Crippen molar-refractivity contribution in [2.75, 3.05) is 33.5 Å². The van der Waals surface area contributed by atoms with Crippen molar-refractivity contribution in [3.63, 3.8) is 0 Å². The van der Waals surface area contributed by atoms with Gasteiger partial charge < -0.3 is 29.4 Å². The predicted octanol–water partition coefficient (Wildman–Crippen LogP) is 2.34. The molecule has 0 aliphatic heterocycles. The predicted molar refractivity (Wildman–Crippen MR) is 136 cm³/mol. The topological polar surface area (TPSA) is 130 Å². The highest BCUT2D eigenvalue weighted by Crippen LogP contribution is 2.17. The lowest BCUT2D eigenvalue weighted by molar-refractivity contribution is -0.125. The van der Waals surface area contributed by atoms with Gasteiger partial charge >= 0.3 is 6.09 Å². The van der Waals surface area contributed by atoms with Crippen molar-refractivity contribution in [1.82, 2.24) is 24.3 Å². The third-order valence-electron chi connectivity index (χ3n) is 5.33. The number of H-pyrrole nitrogens is 1. The smallest absolute Gasteiger partial charge is 0.410 e. The minimum Gasteiger partial charge on any atom is -0.436 e. The Balaban J connectivity index is 1.74. The molecule has 37 heavy (non-hydrogen) atoms. The minimum absolute atomic E-state index is 0.0786. The molecule has 11 nitrogen and oxygen atoms in total. The standard InChI is InChI=1S/C25H29FN6O5/c1-30(2)21(33)8-6-5-7-20(37-25(36)31(3)4)23(34)29-22-24(35)32(12-11-27-22)15-18-14-16-13-17(26)9-10-19(16)28-18/h6,8-14,20,28H,5,7,15H2,1-4H3,(H,27,29,34)/b8-6+. The third-order valence-corrected chi connectivity index (χ3v) is 5.33. The lowest BCUT2D eigenvalue weighted by Gasteiger charge is -2.19. The summed E-state index contributed by atoms with van der Waals surface area (Å²) in [5, 5.41) is 3.11. The van der Waals surface area contributed by atoms with Crippen LogP contribution in [0.3, 0.4) is 0 Å². The van der Waals surface area contributed by atoms with Gasteiger partial charge in [-0.1, -0.05) is 6.08 Å². The molecule has 1 aromatic carbocycles. The molecule has 0 spiro atoms. The number of hydrogen-bond donors (Lipinski definition) is 2. The van der Waals surface area contributed by atoms with Gasteiger partial charge in [-0.15, -0.1) is 0 Å². The van der Waals surface area contributed by atoms with Crippen molar-refractivity contribution in [1.29, 1.82) is 0 Å². The summed E-state index contributed by atoms with van der Waals surface area (Å²) in [4.78, 5) is 59.4. The highest BCUT2D eigenvalue weighted by molar-refractivity contribution is 5.94. The first-order valence-electron chi connectivity index (χ1n) is 11.4. The molecule has 12 heteroatoms. The van der Waals surface area contributed by atoms with Crippen molar-refractivity contribution in [3.8, 4) is 0 Å². The van der Waals surface area contributed by atoms with Crippen molar-refractivity contribution >= 4 is 34.6 Å². The van der Waals surface area contributed by atoms with Crippen molar-refractivity contribution in [3.05, 3.63) is 70.7 Å². The lowest BCUT2D eigenvalue weighted by Crippen LogP contribution is -2.38. The van der Waals surface area contributed by atoms with Crippen LogP contribution in [-0.4, -0.2) is 76.5 Å². The second-order valence-electron chi connectivity index (χ2n) is 8.70. The zero-order valence-corrected chi connectivity index (χ0v) is 21.0. The Kier molecular flexibility index (Phi) is 8.77. The van der Waals surface area contributed by atoms with Crippen LogP contribution in [0.5, 0.6) is 0 Å².